The Labute approximate surface area is 180 Å². The van der Waals surface area contributed by atoms with Crippen molar-refractivity contribution in [2.24, 2.45) is 0 Å². The molecule has 8 heteroatoms. The van der Waals surface area contributed by atoms with Gasteiger partial charge in [-0.2, -0.15) is 0 Å². The van der Waals surface area contributed by atoms with Crippen molar-refractivity contribution in [3.8, 4) is 5.75 Å². The van der Waals surface area contributed by atoms with Gasteiger partial charge >= 0.3 is 0 Å². The monoisotopic (exact) mass is 444 g/mol. The third-order valence-corrected chi connectivity index (χ3v) is 5.91. The summed E-state index contributed by atoms with van der Waals surface area (Å²) in [5, 5.41) is 3.24. The predicted octanol–water partition coefficient (Wildman–Crippen LogP) is 4.86. The molecule has 0 aliphatic carbocycles. The molecule has 0 saturated carbocycles. The first kappa shape index (κ1) is 21.7. The zero-order chi connectivity index (χ0) is 21.7. The first-order valence-electron chi connectivity index (χ1n) is 9.16. The minimum absolute atomic E-state index is 0.0726. The van der Waals surface area contributed by atoms with Gasteiger partial charge in [0.1, 0.15) is 5.75 Å². The third kappa shape index (κ3) is 5.52. The van der Waals surface area contributed by atoms with Crippen molar-refractivity contribution in [2.75, 3.05) is 10.0 Å². The molecule has 0 radical (unpaired) electrons. The maximum atomic E-state index is 12.6. The van der Waals surface area contributed by atoms with Crippen LogP contribution >= 0.6 is 11.6 Å². The Kier molecular flexibility index (Phi) is 6.64. The Hall–Kier alpha value is -3.03. The highest BCUT2D eigenvalue weighted by Crippen LogP contribution is 2.23. The maximum Gasteiger partial charge on any atom is 0.265 e. The van der Waals surface area contributed by atoms with Crippen LogP contribution in [0.5, 0.6) is 5.75 Å². The Morgan fingerprint density at radius 3 is 2.30 bits per heavy atom. The van der Waals surface area contributed by atoms with Gasteiger partial charge in [0.2, 0.25) is 0 Å². The van der Waals surface area contributed by atoms with Gasteiger partial charge in [0.05, 0.1) is 10.6 Å². The second-order valence-corrected chi connectivity index (χ2v) is 8.77. The van der Waals surface area contributed by atoms with Crippen LogP contribution in [-0.4, -0.2) is 20.4 Å². The summed E-state index contributed by atoms with van der Waals surface area (Å²) in [5.41, 5.74) is 1.62. The lowest BCUT2D eigenvalue weighted by Gasteiger charge is -2.15. The van der Waals surface area contributed by atoms with Crippen molar-refractivity contribution in [1.29, 1.82) is 0 Å². The molecule has 0 spiro atoms. The number of hydrogen-bond acceptors (Lipinski definition) is 4. The van der Waals surface area contributed by atoms with Gasteiger partial charge in [-0.25, -0.2) is 8.42 Å². The number of carbonyl (C=O) groups is 1. The number of para-hydroxylation sites is 1. The summed E-state index contributed by atoms with van der Waals surface area (Å²) in [6, 6.07) is 19.8. The number of anilines is 2. The molecule has 3 aromatic carbocycles. The van der Waals surface area contributed by atoms with E-state index in [9.17, 15) is 13.2 Å². The van der Waals surface area contributed by atoms with E-state index >= 15 is 0 Å². The molecule has 3 aromatic rings. The molecule has 156 valence electrons. The van der Waals surface area contributed by atoms with Crippen molar-refractivity contribution >= 4 is 38.9 Å². The first-order chi connectivity index (χ1) is 14.2. The fourth-order valence-electron chi connectivity index (χ4n) is 2.66. The van der Waals surface area contributed by atoms with Gasteiger partial charge in [0, 0.05) is 10.7 Å². The molecule has 6 nitrogen and oxygen atoms in total. The Bertz CT molecular complexity index is 1130. The van der Waals surface area contributed by atoms with Gasteiger partial charge in [0.25, 0.3) is 15.9 Å². The molecule has 1 atom stereocenters. The van der Waals surface area contributed by atoms with Crippen molar-refractivity contribution in [3.63, 3.8) is 0 Å². The average molecular weight is 445 g/mol. The van der Waals surface area contributed by atoms with Gasteiger partial charge < -0.3 is 10.1 Å². The van der Waals surface area contributed by atoms with Crippen LogP contribution in [0.1, 0.15) is 12.5 Å². The minimum atomic E-state index is -3.78. The van der Waals surface area contributed by atoms with Crippen LogP contribution < -0.4 is 14.8 Å². The summed E-state index contributed by atoms with van der Waals surface area (Å²) in [7, 11) is -3.78. The smallest absolute Gasteiger partial charge is 0.265 e. The van der Waals surface area contributed by atoms with E-state index in [2.05, 4.69) is 10.0 Å². The molecule has 30 heavy (non-hydrogen) atoms. The standard InChI is InChI=1S/C22H21ClN2O4S/c1-15-14-17(23)8-13-21(15)25-30(27,28)20-11-9-18(10-12-20)24-22(26)16(2)29-19-6-4-3-5-7-19/h3-14,16,25H,1-2H3,(H,24,26)/t16-/m0/s1. The SMILES string of the molecule is Cc1cc(Cl)ccc1NS(=O)(=O)c1ccc(NC(=O)[C@H](C)Oc2ccccc2)cc1. The number of aryl methyl sites for hydroxylation is 1. The number of hydrogen-bond donors (Lipinski definition) is 2. The second-order valence-electron chi connectivity index (χ2n) is 6.65. The highest BCUT2D eigenvalue weighted by molar-refractivity contribution is 7.92. The largest absolute Gasteiger partial charge is 0.481 e. The Balaban J connectivity index is 1.65. The predicted molar refractivity (Wildman–Crippen MR) is 119 cm³/mol. The van der Waals surface area contributed by atoms with Crippen LogP contribution in [0.3, 0.4) is 0 Å². The number of carbonyl (C=O) groups excluding carboxylic acids is 1. The highest BCUT2D eigenvalue weighted by Gasteiger charge is 2.17. The summed E-state index contributed by atoms with van der Waals surface area (Å²) in [5.74, 6) is 0.245. The molecule has 0 bridgehead atoms. The van der Waals surface area contributed by atoms with Crippen LogP contribution in [0, 0.1) is 6.92 Å². The van der Waals surface area contributed by atoms with E-state index in [4.69, 9.17) is 16.3 Å². The molecule has 0 saturated heterocycles. The molecule has 0 fully saturated rings. The summed E-state index contributed by atoms with van der Waals surface area (Å²) >= 11 is 5.91. The molecule has 2 N–H and O–H groups in total. The number of rotatable bonds is 7. The molecule has 0 aliphatic rings. The lowest BCUT2D eigenvalue weighted by molar-refractivity contribution is -0.122. The topological polar surface area (TPSA) is 84.5 Å². The van der Waals surface area contributed by atoms with Crippen molar-refractivity contribution in [2.45, 2.75) is 24.8 Å². The van der Waals surface area contributed by atoms with Crippen molar-refractivity contribution in [1.82, 2.24) is 0 Å². The first-order valence-corrected chi connectivity index (χ1v) is 11.0. The van der Waals surface area contributed by atoms with E-state index in [-0.39, 0.29) is 10.8 Å². The quantitative estimate of drug-likeness (QED) is 0.545. The molecule has 0 aromatic heterocycles. The van der Waals surface area contributed by atoms with E-state index < -0.39 is 16.1 Å². The third-order valence-electron chi connectivity index (χ3n) is 4.29. The summed E-state index contributed by atoms with van der Waals surface area (Å²) in [6.45, 7) is 3.40. The molecule has 1 amide bonds. The van der Waals surface area contributed by atoms with Crippen molar-refractivity contribution in [3.05, 3.63) is 83.4 Å². The maximum absolute atomic E-state index is 12.6. The van der Waals surface area contributed by atoms with Crippen LogP contribution in [0.15, 0.2) is 77.7 Å². The molecule has 0 aliphatic heterocycles. The molecular weight excluding hydrogens is 424 g/mol. The molecule has 0 heterocycles. The van der Waals surface area contributed by atoms with Gasteiger partial charge in [-0.15, -0.1) is 0 Å². The van der Waals surface area contributed by atoms with E-state index in [0.29, 0.717) is 27.7 Å². The summed E-state index contributed by atoms with van der Waals surface area (Å²) in [4.78, 5) is 12.4. The van der Waals surface area contributed by atoms with Crippen LogP contribution in [-0.2, 0) is 14.8 Å². The number of halogens is 1. The fourth-order valence-corrected chi connectivity index (χ4v) is 4.02. The van der Waals surface area contributed by atoms with Crippen molar-refractivity contribution < 1.29 is 17.9 Å². The average Bonchev–Trinajstić information content (AvgIpc) is 2.71. The van der Waals surface area contributed by atoms with E-state index in [1.165, 1.54) is 24.3 Å². The van der Waals surface area contributed by atoms with Gasteiger partial charge in [-0.3, -0.25) is 9.52 Å². The number of benzene rings is 3. The zero-order valence-electron chi connectivity index (χ0n) is 16.4. The van der Waals surface area contributed by atoms with E-state index in [1.807, 2.05) is 18.2 Å². The zero-order valence-corrected chi connectivity index (χ0v) is 18.0. The lowest BCUT2D eigenvalue weighted by atomic mass is 10.2. The Morgan fingerprint density at radius 1 is 1.00 bits per heavy atom. The number of sulfonamides is 1. The molecule has 3 rings (SSSR count). The normalized spacial score (nSPS) is 12.1. The summed E-state index contributed by atoms with van der Waals surface area (Å²) < 4.78 is 33.4. The minimum Gasteiger partial charge on any atom is -0.481 e. The van der Waals surface area contributed by atoms with Crippen LogP contribution in [0.25, 0.3) is 0 Å². The van der Waals surface area contributed by atoms with Gasteiger partial charge in [-0.1, -0.05) is 29.8 Å². The van der Waals surface area contributed by atoms with Crippen LogP contribution in [0.4, 0.5) is 11.4 Å². The lowest BCUT2D eigenvalue weighted by Crippen LogP contribution is -2.30. The number of ether oxygens (including phenoxy) is 1. The Morgan fingerprint density at radius 2 is 1.67 bits per heavy atom. The van der Waals surface area contributed by atoms with Gasteiger partial charge in [-0.05, 0) is 74.0 Å². The van der Waals surface area contributed by atoms with E-state index in [0.717, 1.165) is 0 Å². The van der Waals surface area contributed by atoms with Gasteiger partial charge in [0.15, 0.2) is 6.10 Å². The van der Waals surface area contributed by atoms with Crippen LogP contribution in [0.2, 0.25) is 5.02 Å². The molecule has 0 unspecified atom stereocenters. The highest BCUT2D eigenvalue weighted by atomic mass is 35.5. The second kappa shape index (κ2) is 9.19. The fraction of sp³-hybridized carbons (Fsp3) is 0.136. The number of nitrogens with one attached hydrogen (secondary N) is 2. The van der Waals surface area contributed by atoms with E-state index in [1.54, 1.807) is 44.2 Å². The summed E-state index contributed by atoms with van der Waals surface area (Å²) in [6.07, 6.45) is -0.717. The molecular formula is C22H21ClN2O4S. The number of amides is 1.